The van der Waals surface area contributed by atoms with Crippen LogP contribution in [-0.4, -0.2) is 30.5 Å². The number of nitrogens with two attached hydrogens (primary N) is 1. The van der Waals surface area contributed by atoms with Crippen LogP contribution in [0.4, 0.5) is 0 Å². The van der Waals surface area contributed by atoms with E-state index in [9.17, 15) is 0 Å². The molecule has 100 valence electrons. The molecule has 1 aliphatic rings. The summed E-state index contributed by atoms with van der Waals surface area (Å²) in [4.78, 5) is 6.65. The standard InChI is InChI=1S/C14H29N3/c1-5-12-6-8-13(9-7-12)17(4)14(15)16-10-11(2)3/h11-13H,5-10H2,1-4H3,(H2,15,16). The summed E-state index contributed by atoms with van der Waals surface area (Å²) in [7, 11) is 2.09. The van der Waals surface area contributed by atoms with Gasteiger partial charge in [0, 0.05) is 19.6 Å². The molecule has 3 heteroatoms. The van der Waals surface area contributed by atoms with E-state index in [1.165, 1.54) is 32.1 Å². The van der Waals surface area contributed by atoms with Crippen LogP contribution < -0.4 is 5.73 Å². The second-order valence-electron chi connectivity index (χ2n) is 5.79. The summed E-state index contributed by atoms with van der Waals surface area (Å²) in [6, 6.07) is 0.605. The van der Waals surface area contributed by atoms with Gasteiger partial charge >= 0.3 is 0 Å². The molecule has 0 aromatic carbocycles. The van der Waals surface area contributed by atoms with E-state index in [1.807, 2.05) is 0 Å². The van der Waals surface area contributed by atoms with E-state index in [2.05, 4.69) is 37.7 Å². The fraction of sp³-hybridized carbons (Fsp3) is 0.929. The maximum Gasteiger partial charge on any atom is 0.191 e. The van der Waals surface area contributed by atoms with Crippen LogP contribution in [0.3, 0.4) is 0 Å². The lowest BCUT2D eigenvalue weighted by atomic mass is 9.84. The van der Waals surface area contributed by atoms with Gasteiger partial charge in [0.15, 0.2) is 5.96 Å². The second kappa shape index (κ2) is 6.87. The van der Waals surface area contributed by atoms with Crippen molar-refractivity contribution in [2.75, 3.05) is 13.6 Å². The number of aliphatic imine (C=N–C) groups is 1. The fourth-order valence-corrected chi connectivity index (χ4v) is 2.52. The Morgan fingerprint density at radius 2 is 1.88 bits per heavy atom. The molecule has 0 unspecified atom stereocenters. The molecule has 0 aromatic heterocycles. The Bertz CT molecular complexity index is 240. The van der Waals surface area contributed by atoms with Crippen LogP contribution in [0.5, 0.6) is 0 Å². The second-order valence-corrected chi connectivity index (χ2v) is 5.79. The molecule has 0 spiro atoms. The van der Waals surface area contributed by atoms with E-state index < -0.39 is 0 Å². The number of rotatable bonds is 4. The van der Waals surface area contributed by atoms with Crippen LogP contribution in [0.2, 0.25) is 0 Å². The van der Waals surface area contributed by atoms with E-state index in [4.69, 9.17) is 5.73 Å². The molecule has 0 heterocycles. The number of hydrogen-bond acceptors (Lipinski definition) is 1. The highest BCUT2D eigenvalue weighted by atomic mass is 15.3. The lowest BCUT2D eigenvalue weighted by Crippen LogP contribution is -2.43. The summed E-state index contributed by atoms with van der Waals surface area (Å²) in [6.45, 7) is 7.47. The molecule has 1 aliphatic carbocycles. The van der Waals surface area contributed by atoms with Gasteiger partial charge in [-0.15, -0.1) is 0 Å². The van der Waals surface area contributed by atoms with E-state index in [0.717, 1.165) is 18.4 Å². The normalized spacial score (nSPS) is 26.3. The first-order valence-corrected chi connectivity index (χ1v) is 7.07. The van der Waals surface area contributed by atoms with Gasteiger partial charge in [0.25, 0.3) is 0 Å². The first-order valence-electron chi connectivity index (χ1n) is 7.07. The first kappa shape index (κ1) is 14.3. The number of guanidine groups is 1. The molecule has 2 N–H and O–H groups in total. The quantitative estimate of drug-likeness (QED) is 0.605. The van der Waals surface area contributed by atoms with Crippen LogP contribution in [-0.2, 0) is 0 Å². The van der Waals surface area contributed by atoms with Gasteiger partial charge in [-0.05, 0) is 37.5 Å². The third kappa shape index (κ3) is 4.57. The van der Waals surface area contributed by atoms with Gasteiger partial charge in [0.1, 0.15) is 0 Å². The summed E-state index contributed by atoms with van der Waals surface area (Å²) in [6.07, 6.45) is 6.57. The van der Waals surface area contributed by atoms with Gasteiger partial charge in [-0.3, -0.25) is 4.99 Å². The third-order valence-corrected chi connectivity index (χ3v) is 3.92. The minimum absolute atomic E-state index is 0.581. The highest BCUT2D eigenvalue weighted by Gasteiger charge is 2.23. The van der Waals surface area contributed by atoms with E-state index in [1.54, 1.807) is 0 Å². The zero-order valence-corrected chi connectivity index (χ0v) is 11.9. The smallest absolute Gasteiger partial charge is 0.191 e. The van der Waals surface area contributed by atoms with Gasteiger partial charge in [0.2, 0.25) is 0 Å². The van der Waals surface area contributed by atoms with Gasteiger partial charge in [-0.1, -0.05) is 27.2 Å². The summed E-state index contributed by atoms with van der Waals surface area (Å²) in [5.41, 5.74) is 6.04. The molecule has 17 heavy (non-hydrogen) atoms. The van der Waals surface area contributed by atoms with Crippen molar-refractivity contribution >= 4 is 5.96 Å². The zero-order valence-electron chi connectivity index (χ0n) is 11.9. The molecule has 1 saturated carbocycles. The molecule has 1 rings (SSSR count). The van der Waals surface area contributed by atoms with Crippen molar-refractivity contribution in [3.05, 3.63) is 0 Å². The van der Waals surface area contributed by atoms with Crippen LogP contribution in [0.1, 0.15) is 52.9 Å². The molecule has 0 aromatic rings. The van der Waals surface area contributed by atoms with Crippen molar-refractivity contribution in [1.82, 2.24) is 4.90 Å². The minimum Gasteiger partial charge on any atom is -0.370 e. The molecule has 1 fully saturated rings. The molecule has 3 nitrogen and oxygen atoms in total. The predicted octanol–water partition coefficient (Wildman–Crippen LogP) is 2.86. The van der Waals surface area contributed by atoms with Crippen molar-refractivity contribution < 1.29 is 0 Å². The van der Waals surface area contributed by atoms with Gasteiger partial charge < -0.3 is 10.6 Å². The molecule has 0 amide bonds. The minimum atomic E-state index is 0.581. The van der Waals surface area contributed by atoms with Crippen LogP contribution in [0, 0.1) is 11.8 Å². The summed E-state index contributed by atoms with van der Waals surface area (Å²) < 4.78 is 0. The van der Waals surface area contributed by atoms with Crippen molar-refractivity contribution in [1.29, 1.82) is 0 Å². The van der Waals surface area contributed by atoms with E-state index in [0.29, 0.717) is 12.0 Å². The highest BCUT2D eigenvalue weighted by molar-refractivity contribution is 5.78. The van der Waals surface area contributed by atoms with Gasteiger partial charge in [0.05, 0.1) is 0 Å². The lowest BCUT2D eigenvalue weighted by molar-refractivity contribution is 0.224. The Morgan fingerprint density at radius 1 is 1.29 bits per heavy atom. The zero-order chi connectivity index (χ0) is 12.8. The Morgan fingerprint density at radius 3 is 2.35 bits per heavy atom. The Kier molecular flexibility index (Phi) is 5.79. The van der Waals surface area contributed by atoms with Crippen LogP contribution in [0.15, 0.2) is 4.99 Å². The fourth-order valence-electron chi connectivity index (χ4n) is 2.52. The van der Waals surface area contributed by atoms with Crippen LogP contribution in [0.25, 0.3) is 0 Å². The van der Waals surface area contributed by atoms with E-state index in [-0.39, 0.29) is 0 Å². The van der Waals surface area contributed by atoms with Crippen molar-refractivity contribution in [3.8, 4) is 0 Å². The summed E-state index contributed by atoms with van der Waals surface area (Å²) in [5.74, 6) is 2.24. The van der Waals surface area contributed by atoms with Gasteiger partial charge in [-0.2, -0.15) is 0 Å². The maximum absolute atomic E-state index is 6.04. The topological polar surface area (TPSA) is 41.6 Å². The first-order chi connectivity index (χ1) is 8.04. The Labute approximate surface area is 106 Å². The summed E-state index contributed by atoms with van der Waals surface area (Å²) in [5, 5.41) is 0. The predicted molar refractivity (Wildman–Crippen MR) is 75.1 cm³/mol. The van der Waals surface area contributed by atoms with Crippen molar-refractivity contribution in [3.63, 3.8) is 0 Å². The average Bonchev–Trinajstić information content (AvgIpc) is 2.35. The molecular formula is C14H29N3. The molecule has 0 saturated heterocycles. The molecule has 0 bridgehead atoms. The van der Waals surface area contributed by atoms with Gasteiger partial charge in [-0.25, -0.2) is 0 Å². The lowest BCUT2D eigenvalue weighted by Gasteiger charge is -2.35. The third-order valence-electron chi connectivity index (χ3n) is 3.92. The Balaban J connectivity index is 2.42. The largest absolute Gasteiger partial charge is 0.370 e. The number of hydrogen-bond donors (Lipinski definition) is 1. The maximum atomic E-state index is 6.04. The van der Waals surface area contributed by atoms with Crippen LogP contribution >= 0.6 is 0 Å². The Hall–Kier alpha value is -0.730. The number of nitrogens with zero attached hydrogens (tertiary/aromatic N) is 2. The molecule has 0 aliphatic heterocycles. The SMILES string of the molecule is CCC1CCC(N(C)C(N)=NCC(C)C)CC1. The molecule has 0 radical (unpaired) electrons. The van der Waals surface area contributed by atoms with Crippen molar-refractivity contribution in [2.45, 2.75) is 58.9 Å². The molecule has 0 atom stereocenters. The average molecular weight is 239 g/mol. The summed E-state index contributed by atoms with van der Waals surface area (Å²) >= 11 is 0. The monoisotopic (exact) mass is 239 g/mol. The van der Waals surface area contributed by atoms with E-state index >= 15 is 0 Å². The van der Waals surface area contributed by atoms with Crippen molar-refractivity contribution in [2.24, 2.45) is 22.6 Å². The molecular weight excluding hydrogens is 210 g/mol. The highest BCUT2D eigenvalue weighted by Crippen LogP contribution is 2.28.